The topological polar surface area (TPSA) is 0 Å². The predicted molar refractivity (Wildman–Crippen MR) is 193 cm³/mol. The molecule has 0 atom stereocenters. The van der Waals surface area contributed by atoms with Gasteiger partial charge in [-0.25, -0.2) is 0 Å². The number of hydrogen-bond donors (Lipinski definition) is 0. The van der Waals surface area contributed by atoms with Gasteiger partial charge in [-0.1, -0.05) is 131 Å². The second kappa shape index (κ2) is 19.1. The van der Waals surface area contributed by atoms with Crippen LogP contribution >= 0.6 is 0 Å². The van der Waals surface area contributed by atoms with Gasteiger partial charge in [-0.15, -0.1) is 80.3 Å². The fourth-order valence-electron chi connectivity index (χ4n) is 5.67. The molecule has 0 heterocycles. The van der Waals surface area contributed by atoms with Gasteiger partial charge < -0.3 is 14.9 Å². The Bertz CT molecular complexity index is 1530. The zero-order chi connectivity index (χ0) is 27.6. The first kappa shape index (κ1) is 37.7. The molecule has 0 unspecified atom stereocenters. The predicted octanol–water partition coefficient (Wildman–Crippen LogP) is 12.3. The van der Waals surface area contributed by atoms with Crippen molar-refractivity contribution in [2.45, 2.75) is 58.8 Å². The fraction of sp³-hybridized carbons (Fsp3) is 0.231. The number of benzene rings is 4. The first-order chi connectivity index (χ1) is 19.1. The molecule has 0 aromatic heterocycles. The van der Waals surface area contributed by atoms with Crippen molar-refractivity contribution < 1.29 is 26.2 Å². The summed E-state index contributed by atoms with van der Waals surface area (Å²) in [5.74, 6) is 0. The van der Waals surface area contributed by atoms with E-state index in [0.717, 1.165) is 0 Å². The van der Waals surface area contributed by atoms with Gasteiger partial charge in [0, 0.05) is 16.6 Å². The zero-order valence-electron chi connectivity index (χ0n) is 26.8. The first-order valence-corrected chi connectivity index (χ1v) is 19.4. The Kier molecular flexibility index (Phi) is 17.1. The largest absolute Gasteiger partial charge is 4.00 e. The van der Waals surface area contributed by atoms with E-state index in [9.17, 15) is 0 Å². The van der Waals surface area contributed by atoms with E-state index in [1.165, 1.54) is 73.2 Å². The maximum atomic E-state index is 2.38. The van der Waals surface area contributed by atoms with Crippen LogP contribution in [0.15, 0.2) is 115 Å². The minimum Gasteiger partial charge on any atom is -0.358 e. The van der Waals surface area contributed by atoms with Crippen LogP contribution in [0.2, 0.25) is 24.2 Å². The third kappa shape index (κ3) is 9.34. The number of fused-ring (bicyclic) bond motifs is 4. The molecular weight excluding hydrogens is 616 g/mol. The molecule has 0 aliphatic carbocycles. The summed E-state index contributed by atoms with van der Waals surface area (Å²) in [4.78, 5) is 0. The number of aryl methyl sites for hydroxylation is 1. The minimum absolute atomic E-state index is 0. The molecule has 2 radical (unpaired) electrons. The van der Waals surface area contributed by atoms with E-state index in [1.807, 2.05) is 0 Å². The third-order valence-electron chi connectivity index (χ3n) is 7.69. The third-order valence-corrected chi connectivity index (χ3v) is 19.3. The molecule has 3 heteroatoms. The summed E-state index contributed by atoms with van der Waals surface area (Å²) in [6, 6.07) is 46.9. The monoisotopic (exact) mass is 662 g/mol. The Labute approximate surface area is 279 Å². The van der Waals surface area contributed by atoms with Crippen molar-refractivity contribution in [3.05, 3.63) is 136 Å². The molecule has 6 rings (SSSR count). The van der Waals surface area contributed by atoms with E-state index in [4.69, 9.17) is 0 Å². The summed E-state index contributed by atoms with van der Waals surface area (Å²) in [5, 5.41) is 8.05. The standard InChI is InChI=1S/C19H13.C10H9.C8H20Si2.2CH3.Zr/c1-2-7-14(8-3-1)17-12-6-10-16-13-15-9-4-5-11-18(15)19(16)17;1-8-6-9-4-2-3-5-10(9)7-8;1-5-9(6-2)10(7-3)8-4;;;/h1-13H;2-7H,1H3;5-8H2,1-4H3;2*1H3;/q2*-1;;2*-1;+4. The first-order valence-electron chi connectivity index (χ1n) is 14.5. The Morgan fingerprint density at radius 2 is 1.07 bits per heavy atom. The van der Waals surface area contributed by atoms with Gasteiger partial charge in [0.15, 0.2) is 0 Å². The van der Waals surface area contributed by atoms with Crippen molar-refractivity contribution in [2.24, 2.45) is 0 Å². The Hall–Kier alpha value is -2.32. The van der Waals surface area contributed by atoms with Gasteiger partial charge in [-0.05, 0) is 5.56 Å². The zero-order valence-corrected chi connectivity index (χ0v) is 31.3. The molecule has 216 valence electrons. The summed E-state index contributed by atoms with van der Waals surface area (Å²) in [6.45, 7) is 11.7. The van der Waals surface area contributed by atoms with Gasteiger partial charge in [-0.3, -0.25) is 0 Å². The molecule has 0 aliphatic rings. The van der Waals surface area contributed by atoms with Gasteiger partial charge in [0.25, 0.3) is 0 Å². The maximum Gasteiger partial charge on any atom is 4.00 e. The molecule has 0 saturated carbocycles. The van der Waals surface area contributed by atoms with E-state index < -0.39 is 0 Å². The summed E-state index contributed by atoms with van der Waals surface area (Å²) in [5.41, 5.74) is 3.95. The summed E-state index contributed by atoms with van der Waals surface area (Å²) >= 11 is 0. The Morgan fingerprint density at radius 1 is 0.548 bits per heavy atom. The van der Waals surface area contributed by atoms with Gasteiger partial charge in [0.1, 0.15) is 0 Å². The van der Waals surface area contributed by atoms with Crippen LogP contribution in [0.25, 0.3) is 43.4 Å². The molecule has 0 saturated heterocycles. The summed E-state index contributed by atoms with van der Waals surface area (Å²) in [7, 11) is 0.277. The van der Waals surface area contributed by atoms with Crippen LogP contribution in [0, 0.1) is 21.8 Å². The van der Waals surface area contributed by atoms with Crippen LogP contribution in [0.4, 0.5) is 0 Å². The molecule has 6 aromatic rings. The molecule has 0 N–H and O–H groups in total. The quantitative estimate of drug-likeness (QED) is 0.123. The maximum absolute atomic E-state index is 2.38. The number of hydrogen-bond acceptors (Lipinski definition) is 0. The Morgan fingerprint density at radius 3 is 1.67 bits per heavy atom. The molecule has 0 spiro atoms. The van der Waals surface area contributed by atoms with Gasteiger partial charge >= 0.3 is 26.2 Å². The van der Waals surface area contributed by atoms with Crippen LogP contribution < -0.4 is 0 Å². The van der Waals surface area contributed by atoms with E-state index in [2.05, 4.69) is 150 Å². The average Bonchev–Trinajstić information content (AvgIpc) is 3.56. The second-order valence-corrected chi connectivity index (χ2v) is 19.6. The molecular formula is C39H48Si2Zr. The van der Waals surface area contributed by atoms with Gasteiger partial charge in [0.2, 0.25) is 0 Å². The Balaban J connectivity index is 0.000000332. The van der Waals surface area contributed by atoms with Crippen molar-refractivity contribution in [1.82, 2.24) is 0 Å². The van der Waals surface area contributed by atoms with E-state index in [1.54, 1.807) is 0 Å². The van der Waals surface area contributed by atoms with Crippen molar-refractivity contribution >= 4 is 48.9 Å². The smallest absolute Gasteiger partial charge is 0.358 e. The summed E-state index contributed by atoms with van der Waals surface area (Å²) in [6.07, 6.45) is 0. The van der Waals surface area contributed by atoms with Crippen molar-refractivity contribution in [3.63, 3.8) is 0 Å². The van der Waals surface area contributed by atoms with E-state index in [-0.39, 0.29) is 57.7 Å². The second-order valence-electron chi connectivity index (χ2n) is 10.2. The average molecular weight is 664 g/mol. The normalized spacial score (nSPS) is 10.3. The fourth-order valence-corrected chi connectivity index (χ4v) is 14.7. The van der Waals surface area contributed by atoms with Crippen LogP contribution in [0.1, 0.15) is 33.3 Å². The van der Waals surface area contributed by atoms with Crippen molar-refractivity contribution in [3.8, 4) is 11.1 Å². The van der Waals surface area contributed by atoms with E-state index in [0.29, 0.717) is 0 Å². The van der Waals surface area contributed by atoms with Gasteiger partial charge in [-0.2, -0.15) is 6.07 Å². The minimum atomic E-state index is 0. The molecule has 42 heavy (non-hydrogen) atoms. The molecule has 0 amide bonds. The molecule has 6 aromatic carbocycles. The molecule has 0 nitrogen and oxygen atoms in total. The molecule has 0 fully saturated rings. The van der Waals surface area contributed by atoms with Crippen LogP contribution in [-0.2, 0) is 26.2 Å². The summed E-state index contributed by atoms with van der Waals surface area (Å²) < 4.78 is 0. The van der Waals surface area contributed by atoms with E-state index >= 15 is 0 Å². The van der Waals surface area contributed by atoms with Crippen molar-refractivity contribution in [1.29, 1.82) is 0 Å². The SMILES string of the molecule is CC[Si](CC)[Si](CC)CC.Cc1cc2ccccc2[cH-]1.[CH3-].[CH3-].[Zr+4].c1ccc(-c2cccc3[cH-]c4ccccc4c23)cc1. The van der Waals surface area contributed by atoms with Crippen LogP contribution in [-0.4, -0.2) is 16.6 Å². The number of rotatable bonds is 6. The van der Waals surface area contributed by atoms with Crippen LogP contribution in [0.3, 0.4) is 0 Å². The van der Waals surface area contributed by atoms with Crippen molar-refractivity contribution in [2.75, 3.05) is 0 Å². The molecule has 0 aliphatic heterocycles. The van der Waals surface area contributed by atoms with Gasteiger partial charge in [0.05, 0.1) is 0 Å². The van der Waals surface area contributed by atoms with Crippen LogP contribution in [0.5, 0.6) is 0 Å². The molecule has 0 bridgehead atoms.